The predicted molar refractivity (Wildman–Crippen MR) is 127 cm³/mol. The molecule has 3 rings (SSSR count). The molecule has 2 aliphatic heterocycles. The zero-order valence-electron chi connectivity index (χ0n) is 20.9. The van der Waals surface area contributed by atoms with E-state index in [-0.39, 0.29) is 19.2 Å². The van der Waals surface area contributed by atoms with Crippen LogP contribution in [-0.2, 0) is 17.8 Å². The molecular formula is C25H31F6N3O5. The number of allylic oxidation sites excluding steroid dienone is 3. The van der Waals surface area contributed by atoms with Crippen molar-refractivity contribution < 1.29 is 51.5 Å². The second kappa shape index (κ2) is 12.5. The van der Waals surface area contributed by atoms with Crippen LogP contribution in [0.4, 0.5) is 26.3 Å². The van der Waals surface area contributed by atoms with Crippen LogP contribution < -0.4 is 10.6 Å². The maximum absolute atomic E-state index is 14.9. The molecule has 0 aliphatic carbocycles. The van der Waals surface area contributed by atoms with Gasteiger partial charge in [-0.15, -0.1) is 13.2 Å². The van der Waals surface area contributed by atoms with Crippen LogP contribution in [0.1, 0.15) is 42.7 Å². The van der Waals surface area contributed by atoms with E-state index in [9.17, 15) is 46.8 Å². The Hall–Kier alpha value is -2.30. The van der Waals surface area contributed by atoms with Crippen LogP contribution in [0.3, 0.4) is 0 Å². The number of benzene rings is 1. The molecule has 1 aromatic carbocycles. The molecule has 0 aromatic heterocycles. The van der Waals surface area contributed by atoms with E-state index in [0.717, 1.165) is 13.0 Å². The van der Waals surface area contributed by atoms with Crippen molar-refractivity contribution in [2.75, 3.05) is 0 Å². The van der Waals surface area contributed by atoms with Crippen molar-refractivity contribution in [3.8, 4) is 0 Å². The molecule has 8 nitrogen and oxygen atoms in total. The third kappa shape index (κ3) is 7.67. The molecule has 0 amide bonds. The fourth-order valence-electron chi connectivity index (χ4n) is 4.64. The van der Waals surface area contributed by atoms with Crippen molar-refractivity contribution in [1.29, 1.82) is 0 Å². The Kier molecular flexibility index (Phi) is 9.99. The molecule has 0 spiro atoms. The van der Waals surface area contributed by atoms with Gasteiger partial charge in [-0.3, -0.25) is 20.3 Å². The number of aliphatic hydroxyl groups is 4. The first-order valence-corrected chi connectivity index (χ1v) is 12.1. The monoisotopic (exact) mass is 567 g/mol. The van der Waals surface area contributed by atoms with E-state index >= 15 is 0 Å². The zero-order chi connectivity index (χ0) is 29.1. The van der Waals surface area contributed by atoms with Gasteiger partial charge in [-0.25, -0.2) is 4.39 Å². The molecule has 2 aliphatic rings. The van der Waals surface area contributed by atoms with Crippen molar-refractivity contribution in [3.05, 3.63) is 71.1 Å². The summed E-state index contributed by atoms with van der Waals surface area (Å²) >= 11 is 0. The fraction of sp³-hybridized carbons (Fsp3) is 0.520. The lowest BCUT2D eigenvalue weighted by molar-refractivity contribution is -0.334. The lowest BCUT2D eigenvalue weighted by Gasteiger charge is -2.39. The molecule has 6 atom stereocenters. The summed E-state index contributed by atoms with van der Waals surface area (Å²) in [5.41, 5.74) is 0.239. The summed E-state index contributed by atoms with van der Waals surface area (Å²) in [6.45, 7) is 3.93. The molecule has 0 radical (unpaired) electrons. The first-order valence-electron chi connectivity index (χ1n) is 12.1. The largest absolute Gasteiger partial charge is 0.523 e. The van der Waals surface area contributed by atoms with Crippen LogP contribution >= 0.6 is 0 Å². The van der Waals surface area contributed by atoms with E-state index in [1.165, 1.54) is 6.07 Å². The molecule has 2 unspecified atom stereocenters. The Morgan fingerprint density at radius 2 is 1.92 bits per heavy atom. The van der Waals surface area contributed by atoms with E-state index in [1.54, 1.807) is 17.0 Å². The average molecular weight is 568 g/mol. The lowest BCUT2D eigenvalue weighted by atomic mass is 10.0. The molecule has 1 fully saturated rings. The molecule has 1 saturated heterocycles. The van der Waals surface area contributed by atoms with Crippen molar-refractivity contribution >= 4 is 0 Å². The first-order chi connectivity index (χ1) is 18.1. The van der Waals surface area contributed by atoms with Crippen LogP contribution in [-0.4, -0.2) is 68.4 Å². The molecule has 2 heterocycles. The lowest BCUT2D eigenvalue weighted by Crippen LogP contribution is -2.56. The van der Waals surface area contributed by atoms with Gasteiger partial charge in [-0.1, -0.05) is 36.9 Å². The molecule has 14 heteroatoms. The van der Waals surface area contributed by atoms with Crippen molar-refractivity contribution in [2.24, 2.45) is 0 Å². The minimum absolute atomic E-state index is 0.209. The van der Waals surface area contributed by atoms with Gasteiger partial charge in [0.15, 0.2) is 6.23 Å². The molecular weight excluding hydrogens is 536 g/mol. The quantitative estimate of drug-likeness (QED) is 0.145. The Bertz CT molecular complexity index is 1080. The minimum Gasteiger partial charge on any atom is -0.379 e. The number of piperidine rings is 1. The van der Waals surface area contributed by atoms with E-state index < -0.39 is 60.7 Å². The standard InChI is InChI=1S/C25H31F6N3O5/c1-3-4-17(18(26)9-13(2)39-25(29,30)31)24(27,28)23(38)32-11-14-5-6-16-15(10-14)12-34(22(16)37)19-7-8-20(35)33-21(19)36/h3-6,9-10,13,19-23,32-33,35-38H,1,7-8,11-12H2,2H3/b17-4+,18-9+/t13?,19?,20-,21+,22-,23-/m0/s1. The van der Waals surface area contributed by atoms with Gasteiger partial charge in [-0.2, -0.15) is 8.78 Å². The highest BCUT2D eigenvalue weighted by molar-refractivity contribution is 5.38. The normalized spacial score (nSPS) is 26.8. The SMILES string of the molecule is C=C/C=C(\C(F)=C/C(C)OC(F)(F)F)C(F)(F)[C@H](O)NCc1ccc2c(c1)CN(C1CC[C@H](O)N[C@@H]1O)[C@H]2O. The maximum Gasteiger partial charge on any atom is 0.523 e. The van der Waals surface area contributed by atoms with Crippen LogP contribution in [0.15, 0.2) is 54.4 Å². The first kappa shape index (κ1) is 31.2. The van der Waals surface area contributed by atoms with Crippen LogP contribution in [0.25, 0.3) is 0 Å². The van der Waals surface area contributed by atoms with E-state index in [4.69, 9.17) is 0 Å². The summed E-state index contributed by atoms with van der Waals surface area (Å²) in [6.07, 6.45) is -10.3. The number of alkyl halides is 5. The van der Waals surface area contributed by atoms with Crippen molar-refractivity contribution in [2.45, 2.75) is 82.2 Å². The Balaban J connectivity index is 1.68. The Labute approximate surface area is 220 Å². The summed E-state index contributed by atoms with van der Waals surface area (Å²) in [5.74, 6) is -6.00. The number of rotatable bonds is 10. The van der Waals surface area contributed by atoms with E-state index in [2.05, 4.69) is 21.9 Å². The van der Waals surface area contributed by atoms with Crippen LogP contribution in [0.5, 0.6) is 0 Å². The maximum atomic E-state index is 14.9. The van der Waals surface area contributed by atoms with Crippen LogP contribution in [0.2, 0.25) is 0 Å². The molecule has 0 saturated carbocycles. The molecule has 0 bridgehead atoms. The number of nitrogens with one attached hydrogen (secondary N) is 2. The average Bonchev–Trinajstić information content (AvgIpc) is 3.14. The van der Waals surface area contributed by atoms with Gasteiger partial charge >= 0.3 is 12.3 Å². The smallest absolute Gasteiger partial charge is 0.379 e. The summed E-state index contributed by atoms with van der Waals surface area (Å²) in [4.78, 5) is 1.64. The number of hydrogen-bond donors (Lipinski definition) is 6. The summed E-state index contributed by atoms with van der Waals surface area (Å²) in [6, 6.07) is 4.23. The van der Waals surface area contributed by atoms with Gasteiger partial charge in [0.05, 0.1) is 17.7 Å². The zero-order valence-corrected chi connectivity index (χ0v) is 20.9. The highest BCUT2D eigenvalue weighted by Gasteiger charge is 2.45. The number of ether oxygens (including phenoxy) is 1. The number of aliphatic hydroxyl groups excluding tert-OH is 4. The molecule has 218 valence electrons. The van der Waals surface area contributed by atoms with Crippen molar-refractivity contribution in [3.63, 3.8) is 0 Å². The fourth-order valence-corrected chi connectivity index (χ4v) is 4.64. The third-order valence-corrected chi connectivity index (χ3v) is 6.49. The highest BCUT2D eigenvalue weighted by Crippen LogP contribution is 2.37. The second-order valence-electron chi connectivity index (χ2n) is 9.36. The Morgan fingerprint density at radius 3 is 2.54 bits per heavy atom. The van der Waals surface area contributed by atoms with Crippen LogP contribution in [0, 0.1) is 0 Å². The summed E-state index contributed by atoms with van der Waals surface area (Å²) in [5, 5.41) is 45.6. The number of hydrogen-bond acceptors (Lipinski definition) is 8. The molecule has 6 N–H and O–H groups in total. The molecule has 39 heavy (non-hydrogen) atoms. The Morgan fingerprint density at radius 1 is 1.23 bits per heavy atom. The number of nitrogens with zero attached hydrogens (tertiary/aromatic N) is 1. The van der Waals surface area contributed by atoms with Crippen molar-refractivity contribution in [1.82, 2.24) is 15.5 Å². The van der Waals surface area contributed by atoms with E-state index in [0.29, 0.717) is 35.6 Å². The van der Waals surface area contributed by atoms with Gasteiger partial charge in [0.1, 0.15) is 24.5 Å². The van der Waals surface area contributed by atoms with Gasteiger partial charge in [-0.05, 0) is 42.5 Å². The summed E-state index contributed by atoms with van der Waals surface area (Å²) in [7, 11) is 0. The number of fused-ring (bicyclic) bond motifs is 1. The third-order valence-electron chi connectivity index (χ3n) is 6.49. The minimum atomic E-state index is -5.11. The predicted octanol–water partition coefficient (Wildman–Crippen LogP) is 2.82. The topological polar surface area (TPSA) is 117 Å². The molecule has 1 aromatic rings. The number of halogens is 6. The van der Waals surface area contributed by atoms with Gasteiger partial charge in [0, 0.05) is 13.1 Å². The summed E-state index contributed by atoms with van der Waals surface area (Å²) < 4.78 is 85.0. The van der Waals surface area contributed by atoms with Gasteiger partial charge < -0.3 is 20.4 Å². The van der Waals surface area contributed by atoms with E-state index in [1.807, 2.05) is 0 Å². The van der Waals surface area contributed by atoms with Gasteiger partial charge in [0.2, 0.25) is 0 Å². The highest BCUT2D eigenvalue weighted by atomic mass is 19.4. The van der Waals surface area contributed by atoms with Gasteiger partial charge in [0.25, 0.3) is 0 Å². The second-order valence-corrected chi connectivity index (χ2v) is 9.36.